The average molecular weight is 387 g/mol. The maximum Gasteiger partial charge on any atom is 0.240 e. The Hall–Kier alpha value is -2.18. The van der Waals surface area contributed by atoms with Gasteiger partial charge in [0.1, 0.15) is 0 Å². The van der Waals surface area contributed by atoms with Crippen molar-refractivity contribution in [2.75, 3.05) is 18.5 Å². The average Bonchev–Trinajstić information content (AvgIpc) is 2.65. The number of benzene rings is 2. The first-order valence-electron chi connectivity index (χ1n) is 9.31. The quantitative estimate of drug-likeness (QED) is 0.743. The summed E-state index contributed by atoms with van der Waals surface area (Å²) in [7, 11) is -1.81. The first kappa shape index (κ1) is 19.6. The maximum absolute atomic E-state index is 12.5. The summed E-state index contributed by atoms with van der Waals surface area (Å²) in [6.45, 7) is 2.48. The van der Waals surface area contributed by atoms with Gasteiger partial charge in [0.25, 0.3) is 0 Å². The number of rotatable bonds is 7. The van der Waals surface area contributed by atoms with Crippen LogP contribution in [0.15, 0.2) is 47.4 Å². The van der Waals surface area contributed by atoms with Crippen LogP contribution in [0.25, 0.3) is 0 Å². The van der Waals surface area contributed by atoms with Crippen molar-refractivity contribution >= 4 is 21.6 Å². The van der Waals surface area contributed by atoms with E-state index in [0.29, 0.717) is 19.4 Å². The summed E-state index contributed by atoms with van der Waals surface area (Å²) in [4.78, 5) is 13.6. The van der Waals surface area contributed by atoms with E-state index in [1.807, 2.05) is 0 Å². The van der Waals surface area contributed by atoms with Gasteiger partial charge in [-0.15, -0.1) is 0 Å². The second kappa shape index (κ2) is 8.23. The van der Waals surface area contributed by atoms with Crippen LogP contribution in [0.3, 0.4) is 0 Å². The van der Waals surface area contributed by atoms with Crippen LogP contribution < -0.4 is 9.62 Å². The van der Waals surface area contributed by atoms with Gasteiger partial charge in [0.05, 0.1) is 4.90 Å². The standard InChI is InChI=1S/C21H26N2O3S/c1-16-6-8-17(9-7-16)5-3-4-14-22-27(25,26)19-11-12-20-18(15-19)10-13-21(24)23(20)2/h6-9,11-12,15,22H,3-5,10,13-14H2,1-2H3. The SMILES string of the molecule is Cc1ccc(CCCCNS(=O)(=O)c2ccc3c(c2)CCC(=O)N3C)cc1. The molecule has 2 aromatic carbocycles. The molecule has 0 saturated heterocycles. The van der Waals surface area contributed by atoms with Crippen molar-refractivity contribution < 1.29 is 13.2 Å². The van der Waals surface area contributed by atoms with Crippen LogP contribution in [0, 0.1) is 6.92 Å². The van der Waals surface area contributed by atoms with Gasteiger partial charge in [0.15, 0.2) is 0 Å². The summed E-state index contributed by atoms with van der Waals surface area (Å²) in [6, 6.07) is 13.4. The minimum atomic E-state index is -3.53. The van der Waals surface area contributed by atoms with Crippen molar-refractivity contribution in [3.05, 3.63) is 59.2 Å². The number of carbonyl (C=O) groups excluding carboxylic acids is 1. The third-order valence-corrected chi connectivity index (χ3v) is 6.47. The van der Waals surface area contributed by atoms with Crippen LogP contribution in [-0.2, 0) is 27.7 Å². The highest BCUT2D eigenvalue weighted by molar-refractivity contribution is 7.89. The summed E-state index contributed by atoms with van der Waals surface area (Å²) in [5.41, 5.74) is 4.21. The number of aryl methyl sites for hydroxylation is 3. The Labute approximate surface area is 161 Å². The van der Waals surface area contributed by atoms with Gasteiger partial charge in [0.2, 0.25) is 15.9 Å². The molecular weight excluding hydrogens is 360 g/mol. The van der Waals surface area contributed by atoms with Crippen LogP contribution in [0.5, 0.6) is 0 Å². The summed E-state index contributed by atoms with van der Waals surface area (Å²) in [6.07, 6.45) is 3.66. The fourth-order valence-corrected chi connectivity index (χ4v) is 4.42. The molecule has 27 heavy (non-hydrogen) atoms. The molecule has 3 rings (SSSR count). The maximum atomic E-state index is 12.5. The van der Waals surface area contributed by atoms with Crippen molar-refractivity contribution in [1.82, 2.24) is 4.72 Å². The number of hydrogen-bond donors (Lipinski definition) is 1. The topological polar surface area (TPSA) is 66.5 Å². The second-order valence-corrected chi connectivity index (χ2v) is 8.85. The minimum Gasteiger partial charge on any atom is -0.315 e. The first-order valence-corrected chi connectivity index (χ1v) is 10.8. The minimum absolute atomic E-state index is 0.0600. The van der Waals surface area contributed by atoms with E-state index in [9.17, 15) is 13.2 Å². The molecule has 0 saturated carbocycles. The van der Waals surface area contributed by atoms with E-state index >= 15 is 0 Å². The van der Waals surface area contributed by atoms with Gasteiger partial charge in [-0.25, -0.2) is 13.1 Å². The molecule has 0 spiro atoms. The Morgan fingerprint density at radius 2 is 1.78 bits per heavy atom. The molecule has 144 valence electrons. The van der Waals surface area contributed by atoms with Crippen molar-refractivity contribution in [2.45, 2.75) is 43.9 Å². The van der Waals surface area contributed by atoms with Crippen LogP contribution >= 0.6 is 0 Å². The molecule has 0 atom stereocenters. The number of sulfonamides is 1. The zero-order valence-corrected chi connectivity index (χ0v) is 16.7. The summed E-state index contributed by atoms with van der Waals surface area (Å²) in [5.74, 6) is 0.0600. The second-order valence-electron chi connectivity index (χ2n) is 7.08. The van der Waals surface area contributed by atoms with E-state index in [1.54, 1.807) is 30.1 Å². The molecule has 0 radical (unpaired) electrons. The molecule has 0 bridgehead atoms. The van der Waals surface area contributed by atoms with Crippen LogP contribution in [0.1, 0.15) is 36.0 Å². The van der Waals surface area contributed by atoms with Gasteiger partial charge >= 0.3 is 0 Å². The van der Waals surface area contributed by atoms with Crippen LogP contribution in [-0.4, -0.2) is 27.9 Å². The van der Waals surface area contributed by atoms with Gasteiger partial charge in [-0.1, -0.05) is 29.8 Å². The predicted molar refractivity (Wildman–Crippen MR) is 107 cm³/mol. The molecule has 0 fully saturated rings. The number of carbonyl (C=O) groups is 1. The number of hydrogen-bond acceptors (Lipinski definition) is 3. The largest absolute Gasteiger partial charge is 0.315 e. The Morgan fingerprint density at radius 3 is 2.52 bits per heavy atom. The number of fused-ring (bicyclic) bond motifs is 1. The Kier molecular flexibility index (Phi) is 5.97. The molecule has 6 heteroatoms. The van der Waals surface area contributed by atoms with Crippen molar-refractivity contribution in [2.24, 2.45) is 0 Å². The molecule has 1 amide bonds. The summed E-state index contributed by atoms with van der Waals surface area (Å²) >= 11 is 0. The zero-order valence-electron chi connectivity index (χ0n) is 15.9. The normalized spacial score (nSPS) is 14.3. The van der Waals surface area contributed by atoms with Crippen LogP contribution in [0.2, 0.25) is 0 Å². The first-order chi connectivity index (χ1) is 12.9. The van der Waals surface area contributed by atoms with Crippen molar-refractivity contribution in [3.63, 3.8) is 0 Å². The highest BCUT2D eigenvalue weighted by Crippen LogP contribution is 2.28. The molecule has 1 aliphatic rings. The molecule has 1 N–H and O–H groups in total. The smallest absolute Gasteiger partial charge is 0.240 e. The molecule has 0 aromatic heterocycles. The van der Waals surface area contributed by atoms with Crippen molar-refractivity contribution in [1.29, 1.82) is 0 Å². The van der Waals surface area contributed by atoms with Gasteiger partial charge in [-0.3, -0.25) is 4.79 Å². The number of unbranched alkanes of at least 4 members (excludes halogenated alkanes) is 1. The lowest BCUT2D eigenvalue weighted by Crippen LogP contribution is -2.31. The Bertz CT molecular complexity index is 921. The van der Waals surface area contributed by atoms with Gasteiger partial charge in [-0.05, 0) is 61.9 Å². The molecule has 0 aliphatic carbocycles. The summed E-state index contributed by atoms with van der Waals surface area (Å²) in [5, 5.41) is 0. The highest BCUT2D eigenvalue weighted by Gasteiger charge is 2.23. The lowest BCUT2D eigenvalue weighted by atomic mass is 10.0. The number of nitrogens with zero attached hydrogens (tertiary/aromatic N) is 1. The third-order valence-electron chi connectivity index (χ3n) is 5.01. The number of anilines is 1. The van der Waals surface area contributed by atoms with Gasteiger partial charge in [-0.2, -0.15) is 0 Å². The highest BCUT2D eigenvalue weighted by atomic mass is 32.2. The van der Waals surface area contributed by atoms with E-state index in [0.717, 1.165) is 30.5 Å². The Morgan fingerprint density at radius 1 is 1.04 bits per heavy atom. The monoisotopic (exact) mass is 386 g/mol. The fourth-order valence-electron chi connectivity index (χ4n) is 3.30. The Balaban J connectivity index is 1.54. The zero-order chi connectivity index (χ0) is 19.4. The van der Waals surface area contributed by atoms with E-state index in [-0.39, 0.29) is 10.8 Å². The predicted octanol–water partition coefficient (Wildman–Crippen LogP) is 3.21. The third kappa shape index (κ3) is 4.76. The molecule has 2 aromatic rings. The molecule has 1 heterocycles. The lowest BCUT2D eigenvalue weighted by Gasteiger charge is -2.26. The lowest BCUT2D eigenvalue weighted by molar-refractivity contribution is -0.118. The van der Waals surface area contributed by atoms with E-state index in [4.69, 9.17) is 0 Å². The number of amides is 1. The van der Waals surface area contributed by atoms with Gasteiger partial charge < -0.3 is 4.90 Å². The molecule has 5 nitrogen and oxygen atoms in total. The number of nitrogens with one attached hydrogen (secondary N) is 1. The molecular formula is C21H26N2O3S. The van der Waals surface area contributed by atoms with Crippen molar-refractivity contribution in [3.8, 4) is 0 Å². The van der Waals surface area contributed by atoms with E-state index in [2.05, 4.69) is 35.9 Å². The van der Waals surface area contributed by atoms with E-state index < -0.39 is 10.0 Å². The fraction of sp³-hybridized carbons (Fsp3) is 0.381. The van der Waals surface area contributed by atoms with Crippen LogP contribution in [0.4, 0.5) is 5.69 Å². The molecule has 0 unspecified atom stereocenters. The van der Waals surface area contributed by atoms with Gasteiger partial charge in [0, 0.05) is 25.7 Å². The molecule has 1 aliphatic heterocycles. The summed E-state index contributed by atoms with van der Waals surface area (Å²) < 4.78 is 27.8. The van der Waals surface area contributed by atoms with E-state index in [1.165, 1.54) is 11.1 Å².